The van der Waals surface area contributed by atoms with Crippen LogP contribution in [-0.4, -0.2) is 30.4 Å². The van der Waals surface area contributed by atoms with Crippen LogP contribution in [0, 0.1) is 0 Å². The normalized spacial score (nSPS) is 13.5. The van der Waals surface area contributed by atoms with Crippen LogP contribution >= 0.6 is 0 Å². The molecule has 3 aromatic rings. The molecule has 1 atom stereocenters. The van der Waals surface area contributed by atoms with E-state index in [0.717, 1.165) is 11.1 Å². The fourth-order valence-corrected chi connectivity index (χ4v) is 3.61. The predicted molar refractivity (Wildman–Crippen MR) is 123 cm³/mol. The van der Waals surface area contributed by atoms with Crippen LogP contribution in [0.4, 0.5) is 16.2 Å². The Morgan fingerprint density at radius 2 is 1.50 bits per heavy atom. The van der Waals surface area contributed by atoms with E-state index in [-0.39, 0.29) is 18.4 Å². The molecule has 0 aromatic heterocycles. The van der Waals surface area contributed by atoms with Gasteiger partial charge in [-0.1, -0.05) is 72.8 Å². The Bertz CT molecular complexity index is 1100. The number of urea groups is 1. The molecule has 162 valence electrons. The summed E-state index contributed by atoms with van der Waals surface area (Å²) < 4.78 is 0. The lowest BCUT2D eigenvalue weighted by molar-refractivity contribution is -0.123. The number of nitrogens with one attached hydrogen (secondary N) is 3. The number of anilines is 2. The summed E-state index contributed by atoms with van der Waals surface area (Å²) >= 11 is 0. The predicted octanol–water partition coefficient (Wildman–Crippen LogP) is 3.08. The summed E-state index contributed by atoms with van der Waals surface area (Å²) in [5.41, 5.74) is 3.04. The first-order chi connectivity index (χ1) is 15.6. The molecule has 0 saturated carbocycles. The molecule has 0 bridgehead atoms. The van der Waals surface area contributed by atoms with Crippen molar-refractivity contribution in [2.24, 2.45) is 0 Å². The van der Waals surface area contributed by atoms with Crippen molar-refractivity contribution in [3.63, 3.8) is 0 Å². The molecule has 3 aromatic carbocycles. The first-order valence-corrected chi connectivity index (χ1v) is 10.4. The highest BCUT2D eigenvalue weighted by atomic mass is 16.2. The number of fused-ring (bicyclic) bond motifs is 1. The monoisotopic (exact) mass is 428 g/mol. The van der Waals surface area contributed by atoms with Gasteiger partial charge in [0.1, 0.15) is 12.6 Å². The van der Waals surface area contributed by atoms with E-state index < -0.39 is 12.1 Å². The molecule has 0 spiro atoms. The maximum atomic E-state index is 13.1. The Morgan fingerprint density at radius 1 is 0.875 bits per heavy atom. The number of carbonyl (C=O) groups is 3. The Labute approximate surface area is 186 Å². The van der Waals surface area contributed by atoms with Gasteiger partial charge in [0.25, 0.3) is 0 Å². The van der Waals surface area contributed by atoms with Gasteiger partial charge in [0.15, 0.2) is 0 Å². The molecular weight excluding hydrogens is 404 g/mol. The first kappa shape index (κ1) is 21.1. The molecule has 3 N–H and O–H groups in total. The second kappa shape index (κ2) is 9.78. The van der Waals surface area contributed by atoms with Gasteiger partial charge in [0.05, 0.1) is 11.4 Å². The summed E-state index contributed by atoms with van der Waals surface area (Å²) in [5.74, 6) is -0.576. The van der Waals surface area contributed by atoms with Crippen molar-refractivity contribution in [2.75, 3.05) is 16.8 Å². The quantitative estimate of drug-likeness (QED) is 0.564. The van der Waals surface area contributed by atoms with Crippen LogP contribution in [0.25, 0.3) is 0 Å². The van der Waals surface area contributed by atoms with Gasteiger partial charge in [0.2, 0.25) is 11.8 Å². The number of hydrogen-bond acceptors (Lipinski definition) is 3. The Hall–Kier alpha value is -4.13. The number of carbonyl (C=O) groups excluding carboxylic acids is 3. The summed E-state index contributed by atoms with van der Waals surface area (Å²) in [6.07, 6.45) is 0.328. The van der Waals surface area contributed by atoms with Gasteiger partial charge in [-0.2, -0.15) is 0 Å². The molecule has 0 fully saturated rings. The van der Waals surface area contributed by atoms with Gasteiger partial charge < -0.3 is 16.0 Å². The molecular formula is C25H24N4O3. The molecule has 1 unspecified atom stereocenters. The summed E-state index contributed by atoms with van der Waals surface area (Å²) in [4.78, 5) is 39.6. The van der Waals surface area contributed by atoms with Crippen LogP contribution < -0.4 is 20.9 Å². The van der Waals surface area contributed by atoms with Crippen LogP contribution in [0.1, 0.15) is 11.1 Å². The van der Waals surface area contributed by atoms with Gasteiger partial charge in [-0.3, -0.25) is 14.5 Å². The molecule has 1 aliphatic rings. The number of benzene rings is 3. The summed E-state index contributed by atoms with van der Waals surface area (Å²) in [6, 6.07) is 24.9. The van der Waals surface area contributed by atoms with Crippen molar-refractivity contribution in [1.82, 2.24) is 10.6 Å². The maximum Gasteiger partial charge on any atom is 0.323 e. The third-order valence-corrected chi connectivity index (χ3v) is 5.22. The van der Waals surface area contributed by atoms with E-state index in [1.807, 2.05) is 60.7 Å². The summed E-state index contributed by atoms with van der Waals surface area (Å²) in [7, 11) is 0. The van der Waals surface area contributed by atoms with Crippen LogP contribution in [0.2, 0.25) is 0 Å². The molecule has 1 heterocycles. The minimum Gasteiger partial charge on any atom is -0.350 e. The second-order valence-corrected chi connectivity index (χ2v) is 7.55. The molecule has 7 heteroatoms. The minimum atomic E-state index is -0.800. The maximum absolute atomic E-state index is 13.1. The van der Waals surface area contributed by atoms with Gasteiger partial charge in [-0.05, 0) is 23.3 Å². The lowest BCUT2D eigenvalue weighted by Gasteiger charge is -2.30. The molecule has 1 aliphatic heterocycles. The number of rotatable bonds is 6. The molecule has 7 nitrogen and oxygen atoms in total. The average molecular weight is 428 g/mol. The highest BCUT2D eigenvalue weighted by Crippen LogP contribution is 2.28. The summed E-state index contributed by atoms with van der Waals surface area (Å²) in [5, 5.41) is 8.49. The van der Waals surface area contributed by atoms with E-state index >= 15 is 0 Å². The Balaban J connectivity index is 1.51. The molecule has 0 radical (unpaired) electrons. The van der Waals surface area contributed by atoms with Crippen molar-refractivity contribution < 1.29 is 14.4 Å². The fraction of sp³-hybridized carbons (Fsp3) is 0.160. The molecule has 0 aliphatic carbocycles. The van der Waals surface area contributed by atoms with Crippen molar-refractivity contribution in [1.29, 1.82) is 0 Å². The molecule has 4 amide bonds. The standard InChI is InChI=1S/C25H24N4O3/c30-23-17-29(22-14-8-7-13-20(22)27-23)25(32)28-21(15-18-9-3-1-4-10-18)24(31)26-16-19-11-5-2-6-12-19/h1-14,21H,15-17H2,(H,26,31)(H,27,30)(H,28,32). The minimum absolute atomic E-state index is 0.119. The van der Waals surface area contributed by atoms with E-state index in [2.05, 4.69) is 16.0 Å². The number of para-hydroxylation sites is 2. The number of amides is 4. The van der Waals surface area contributed by atoms with Crippen molar-refractivity contribution in [3.05, 3.63) is 96.1 Å². The van der Waals surface area contributed by atoms with Crippen molar-refractivity contribution >= 4 is 29.2 Å². The average Bonchev–Trinajstić information content (AvgIpc) is 2.82. The lowest BCUT2D eigenvalue weighted by Crippen LogP contribution is -2.54. The van der Waals surface area contributed by atoms with Crippen LogP contribution in [0.15, 0.2) is 84.9 Å². The van der Waals surface area contributed by atoms with Crippen LogP contribution in [0.5, 0.6) is 0 Å². The molecule has 32 heavy (non-hydrogen) atoms. The van der Waals surface area contributed by atoms with E-state index in [0.29, 0.717) is 24.3 Å². The summed E-state index contributed by atoms with van der Waals surface area (Å²) in [6.45, 7) is 0.238. The second-order valence-electron chi connectivity index (χ2n) is 7.55. The molecule has 4 rings (SSSR count). The van der Waals surface area contributed by atoms with Gasteiger partial charge in [0, 0.05) is 13.0 Å². The molecule has 0 saturated heterocycles. The highest BCUT2D eigenvalue weighted by molar-refractivity contribution is 6.10. The zero-order valence-electron chi connectivity index (χ0n) is 17.5. The van der Waals surface area contributed by atoms with Gasteiger partial charge in [-0.15, -0.1) is 0 Å². The fourth-order valence-electron chi connectivity index (χ4n) is 3.61. The number of hydrogen-bond donors (Lipinski definition) is 3. The van der Waals surface area contributed by atoms with E-state index in [1.165, 1.54) is 4.90 Å². The lowest BCUT2D eigenvalue weighted by atomic mass is 10.1. The Kier molecular flexibility index (Phi) is 6.46. The smallest absolute Gasteiger partial charge is 0.323 e. The highest BCUT2D eigenvalue weighted by Gasteiger charge is 2.30. The van der Waals surface area contributed by atoms with Gasteiger partial charge in [-0.25, -0.2) is 4.79 Å². The number of nitrogens with zero attached hydrogens (tertiary/aromatic N) is 1. The topological polar surface area (TPSA) is 90.5 Å². The SMILES string of the molecule is O=C1CN(C(=O)NC(Cc2ccccc2)C(=O)NCc2ccccc2)c2ccccc2N1. The van der Waals surface area contributed by atoms with E-state index in [4.69, 9.17) is 0 Å². The van der Waals surface area contributed by atoms with Crippen molar-refractivity contribution in [2.45, 2.75) is 19.0 Å². The van der Waals surface area contributed by atoms with Crippen LogP contribution in [-0.2, 0) is 22.6 Å². The van der Waals surface area contributed by atoms with E-state index in [1.54, 1.807) is 24.3 Å². The van der Waals surface area contributed by atoms with Crippen molar-refractivity contribution in [3.8, 4) is 0 Å². The zero-order valence-corrected chi connectivity index (χ0v) is 17.5. The first-order valence-electron chi connectivity index (χ1n) is 10.4. The largest absolute Gasteiger partial charge is 0.350 e. The third-order valence-electron chi connectivity index (χ3n) is 5.22. The van der Waals surface area contributed by atoms with Gasteiger partial charge >= 0.3 is 6.03 Å². The van der Waals surface area contributed by atoms with Crippen LogP contribution in [0.3, 0.4) is 0 Å². The van der Waals surface area contributed by atoms with E-state index in [9.17, 15) is 14.4 Å². The zero-order chi connectivity index (χ0) is 22.3. The Morgan fingerprint density at radius 3 is 2.22 bits per heavy atom. The third kappa shape index (κ3) is 5.13.